The van der Waals surface area contributed by atoms with Crippen molar-refractivity contribution in [2.45, 2.75) is 0 Å². The van der Waals surface area contributed by atoms with Crippen molar-refractivity contribution >= 4 is 30.2 Å². The lowest BCUT2D eigenvalue weighted by Crippen LogP contribution is -1.79. The smallest absolute Gasteiger partial charge is 0.306 e. The Balaban J connectivity index is 2.53. The molecular weight excluding hydrogens is 242 g/mol. The van der Waals surface area contributed by atoms with E-state index in [4.69, 9.17) is 9.05 Å². The molecule has 1 aliphatic rings. The van der Waals surface area contributed by atoms with Crippen LogP contribution in [0.4, 0.5) is 0 Å². The zero-order chi connectivity index (χ0) is 6.04. The summed E-state index contributed by atoms with van der Waals surface area (Å²) < 4.78 is 21.0. The summed E-state index contributed by atoms with van der Waals surface area (Å²) in [5, 5.41) is 0. The van der Waals surface area contributed by atoms with Gasteiger partial charge in [-0.25, -0.2) is 0 Å². The molecule has 0 unspecified atom stereocenters. The Bertz CT molecular complexity index is 116. The van der Waals surface area contributed by atoms with Crippen molar-refractivity contribution in [2.75, 3.05) is 17.4 Å². The van der Waals surface area contributed by atoms with E-state index in [2.05, 4.69) is 0 Å². The zero-order valence-electron chi connectivity index (χ0n) is 4.17. The molecule has 0 radical (unpaired) electrons. The Labute approximate surface area is 61.4 Å². The summed E-state index contributed by atoms with van der Waals surface area (Å²) in [6.45, 7) is 0.973. The molecule has 0 saturated carbocycles. The van der Waals surface area contributed by atoms with E-state index in [9.17, 15) is 4.57 Å². The molecule has 0 atom stereocenters. The van der Waals surface area contributed by atoms with Gasteiger partial charge in [-0.05, 0) is 0 Å². The standard InChI is InChI=1S/C3H6IO3P/c4-3-8(5)6-1-2-7-8/h1-3H2. The number of hydrogen-bond acceptors (Lipinski definition) is 3. The van der Waals surface area contributed by atoms with Gasteiger partial charge in [0.15, 0.2) is 0 Å². The van der Waals surface area contributed by atoms with Crippen LogP contribution in [0.5, 0.6) is 0 Å². The molecule has 1 aliphatic heterocycles. The first kappa shape index (κ1) is 6.99. The second kappa shape index (κ2) is 2.64. The molecule has 1 rings (SSSR count). The first-order valence-electron chi connectivity index (χ1n) is 2.21. The number of rotatable bonds is 1. The van der Waals surface area contributed by atoms with Crippen molar-refractivity contribution in [3.63, 3.8) is 0 Å². The van der Waals surface area contributed by atoms with E-state index in [0.717, 1.165) is 0 Å². The van der Waals surface area contributed by atoms with Crippen LogP contribution in [0.1, 0.15) is 0 Å². The van der Waals surface area contributed by atoms with Crippen LogP contribution >= 0.6 is 30.2 Å². The fourth-order valence-corrected chi connectivity index (χ4v) is 2.56. The Hall–Kier alpha value is 0.880. The van der Waals surface area contributed by atoms with Crippen molar-refractivity contribution in [3.05, 3.63) is 0 Å². The van der Waals surface area contributed by atoms with Crippen molar-refractivity contribution in [3.8, 4) is 0 Å². The molecule has 3 nitrogen and oxygen atoms in total. The van der Waals surface area contributed by atoms with Gasteiger partial charge in [-0.3, -0.25) is 4.57 Å². The van der Waals surface area contributed by atoms with Crippen molar-refractivity contribution < 1.29 is 13.6 Å². The Kier molecular flexibility index (Phi) is 2.31. The highest BCUT2D eigenvalue weighted by Gasteiger charge is 2.27. The van der Waals surface area contributed by atoms with Crippen LogP contribution in [0.2, 0.25) is 0 Å². The summed E-state index contributed by atoms with van der Waals surface area (Å²) in [5.41, 5.74) is 0. The average molecular weight is 248 g/mol. The Morgan fingerprint density at radius 3 is 2.25 bits per heavy atom. The molecule has 8 heavy (non-hydrogen) atoms. The van der Waals surface area contributed by atoms with E-state index in [1.807, 2.05) is 22.6 Å². The normalized spacial score (nSPS) is 26.1. The minimum atomic E-state index is -2.56. The van der Waals surface area contributed by atoms with Gasteiger partial charge in [0, 0.05) is 0 Å². The average Bonchev–Trinajstić information content (AvgIpc) is 2.17. The van der Waals surface area contributed by atoms with Gasteiger partial charge in [0.05, 0.1) is 13.2 Å². The molecule has 0 N–H and O–H groups in total. The van der Waals surface area contributed by atoms with Crippen molar-refractivity contribution in [1.29, 1.82) is 0 Å². The van der Waals surface area contributed by atoms with Crippen LogP contribution in [0, 0.1) is 0 Å². The maximum Gasteiger partial charge on any atom is 0.340 e. The topological polar surface area (TPSA) is 35.5 Å². The number of halogens is 1. The zero-order valence-corrected chi connectivity index (χ0v) is 7.22. The van der Waals surface area contributed by atoms with Gasteiger partial charge < -0.3 is 9.05 Å². The molecule has 1 saturated heterocycles. The molecule has 48 valence electrons. The minimum absolute atomic E-state index is 0.463. The lowest BCUT2D eigenvalue weighted by molar-refractivity contribution is 0.359. The predicted octanol–water partition coefficient (Wildman–Crippen LogP) is 1.62. The summed E-state index contributed by atoms with van der Waals surface area (Å²) >= 11 is 1.99. The van der Waals surface area contributed by atoms with Crippen molar-refractivity contribution in [2.24, 2.45) is 0 Å². The van der Waals surface area contributed by atoms with Crippen LogP contribution in [0.25, 0.3) is 0 Å². The van der Waals surface area contributed by atoms with Gasteiger partial charge in [-0.1, -0.05) is 22.6 Å². The van der Waals surface area contributed by atoms with Crippen LogP contribution in [0.3, 0.4) is 0 Å². The van der Waals surface area contributed by atoms with Gasteiger partial charge in [-0.2, -0.15) is 0 Å². The molecule has 1 fully saturated rings. The van der Waals surface area contributed by atoms with Gasteiger partial charge in [0.2, 0.25) is 0 Å². The SMILES string of the molecule is O=P1(CI)OCCO1. The first-order valence-corrected chi connectivity index (χ1v) is 5.46. The van der Waals surface area contributed by atoms with E-state index in [1.165, 1.54) is 0 Å². The first-order chi connectivity index (χ1) is 3.77. The monoisotopic (exact) mass is 248 g/mol. The molecule has 0 amide bonds. The predicted molar refractivity (Wildman–Crippen MR) is 38.4 cm³/mol. The maximum atomic E-state index is 10.9. The maximum absolute atomic E-state index is 10.9. The minimum Gasteiger partial charge on any atom is -0.306 e. The molecule has 0 aromatic carbocycles. The van der Waals surface area contributed by atoms with Gasteiger partial charge in [0.1, 0.15) is 4.17 Å². The van der Waals surface area contributed by atoms with Crippen LogP contribution in [-0.2, 0) is 13.6 Å². The van der Waals surface area contributed by atoms with Gasteiger partial charge in [0.25, 0.3) is 0 Å². The van der Waals surface area contributed by atoms with Crippen LogP contribution < -0.4 is 0 Å². The second-order valence-electron chi connectivity index (χ2n) is 1.40. The molecule has 1 heterocycles. The highest BCUT2D eigenvalue weighted by atomic mass is 127. The van der Waals surface area contributed by atoms with Gasteiger partial charge >= 0.3 is 7.60 Å². The fourth-order valence-electron chi connectivity index (χ4n) is 0.459. The van der Waals surface area contributed by atoms with Crippen LogP contribution in [-0.4, -0.2) is 17.4 Å². The molecule has 5 heteroatoms. The van der Waals surface area contributed by atoms with Crippen molar-refractivity contribution in [1.82, 2.24) is 0 Å². The molecule has 0 bridgehead atoms. The van der Waals surface area contributed by atoms with E-state index in [1.54, 1.807) is 0 Å². The molecule has 0 aromatic rings. The highest BCUT2D eigenvalue weighted by Crippen LogP contribution is 2.52. The second-order valence-corrected chi connectivity index (χ2v) is 5.42. The molecule has 0 aliphatic carbocycles. The molecular formula is C3H6IO3P. The Morgan fingerprint density at radius 1 is 1.50 bits per heavy atom. The summed E-state index contributed by atoms with van der Waals surface area (Å²) in [4.78, 5) is 0. The summed E-state index contributed by atoms with van der Waals surface area (Å²) in [5.74, 6) is 0. The third kappa shape index (κ3) is 1.43. The quantitative estimate of drug-likeness (QED) is 0.401. The van der Waals surface area contributed by atoms with E-state index >= 15 is 0 Å². The third-order valence-corrected chi connectivity index (χ3v) is 4.76. The highest BCUT2D eigenvalue weighted by molar-refractivity contribution is 14.1. The fraction of sp³-hybridized carbons (Fsp3) is 1.00. The third-order valence-electron chi connectivity index (χ3n) is 0.806. The Morgan fingerprint density at radius 2 is 2.00 bits per heavy atom. The lowest BCUT2D eigenvalue weighted by Gasteiger charge is -2.01. The van der Waals surface area contributed by atoms with Crippen LogP contribution in [0.15, 0.2) is 0 Å². The van der Waals surface area contributed by atoms with E-state index in [0.29, 0.717) is 17.4 Å². The molecule has 0 spiro atoms. The lowest BCUT2D eigenvalue weighted by atomic mass is 10.8. The largest absolute Gasteiger partial charge is 0.340 e. The number of hydrogen-bond donors (Lipinski definition) is 0. The van der Waals surface area contributed by atoms with E-state index < -0.39 is 7.60 Å². The van der Waals surface area contributed by atoms with Gasteiger partial charge in [-0.15, -0.1) is 0 Å². The number of alkyl halides is 1. The summed E-state index contributed by atoms with van der Waals surface area (Å²) in [6.07, 6.45) is 0. The molecule has 0 aromatic heterocycles. The van der Waals surface area contributed by atoms with E-state index in [-0.39, 0.29) is 0 Å². The summed E-state index contributed by atoms with van der Waals surface area (Å²) in [6, 6.07) is 0. The summed E-state index contributed by atoms with van der Waals surface area (Å²) in [7, 11) is -2.56.